The van der Waals surface area contributed by atoms with E-state index in [9.17, 15) is 13.2 Å². The zero-order valence-electron chi connectivity index (χ0n) is 20.2. The summed E-state index contributed by atoms with van der Waals surface area (Å²) in [5.74, 6) is 0. The van der Waals surface area contributed by atoms with Crippen molar-refractivity contribution in [1.29, 1.82) is 0 Å². The van der Waals surface area contributed by atoms with Gasteiger partial charge in [0.2, 0.25) is 0 Å². The van der Waals surface area contributed by atoms with Gasteiger partial charge in [0.1, 0.15) is 0 Å². The van der Waals surface area contributed by atoms with Crippen molar-refractivity contribution in [2.45, 2.75) is 56.8 Å². The van der Waals surface area contributed by atoms with Crippen molar-refractivity contribution >= 4 is 0 Å². The van der Waals surface area contributed by atoms with Crippen molar-refractivity contribution in [2.24, 2.45) is 0 Å². The molecular weight excluding hydrogens is 445 g/mol. The lowest BCUT2D eigenvalue weighted by Crippen LogP contribution is -2.31. The highest BCUT2D eigenvalue weighted by Gasteiger charge is 2.30. The largest absolute Gasteiger partial charge is 0.416 e. The Morgan fingerprint density at radius 2 is 1.57 bits per heavy atom. The molecule has 3 aromatic rings. The van der Waals surface area contributed by atoms with Gasteiger partial charge in [-0.2, -0.15) is 13.2 Å². The van der Waals surface area contributed by atoms with Gasteiger partial charge in [-0.05, 0) is 78.5 Å². The predicted octanol–water partition coefficient (Wildman–Crippen LogP) is 7.32. The van der Waals surface area contributed by atoms with Crippen LogP contribution in [-0.4, -0.2) is 7.05 Å². The Bertz CT molecular complexity index is 1120. The highest BCUT2D eigenvalue weighted by molar-refractivity contribution is 5.36. The fourth-order valence-electron chi connectivity index (χ4n) is 4.88. The molecule has 0 spiro atoms. The minimum absolute atomic E-state index is 0.0137. The molecule has 35 heavy (non-hydrogen) atoms. The van der Waals surface area contributed by atoms with E-state index in [2.05, 4.69) is 47.5 Å². The van der Waals surface area contributed by atoms with Gasteiger partial charge in [0.25, 0.3) is 0 Å². The number of alkyl halides is 3. The first kappa shape index (κ1) is 25.1. The molecule has 0 saturated heterocycles. The van der Waals surface area contributed by atoms with Gasteiger partial charge in [0, 0.05) is 18.8 Å². The summed E-state index contributed by atoms with van der Waals surface area (Å²) in [5, 5.41) is 7.01. The minimum atomic E-state index is -4.32. The lowest BCUT2D eigenvalue weighted by molar-refractivity contribution is -0.137. The van der Waals surface area contributed by atoms with Gasteiger partial charge < -0.3 is 5.32 Å². The van der Waals surface area contributed by atoms with E-state index >= 15 is 0 Å². The molecule has 2 N–H and O–H groups in total. The first-order valence-corrected chi connectivity index (χ1v) is 12.3. The lowest BCUT2D eigenvalue weighted by atomic mass is 9.87. The van der Waals surface area contributed by atoms with E-state index in [0.717, 1.165) is 36.1 Å². The second-order valence-electron chi connectivity index (χ2n) is 9.31. The van der Waals surface area contributed by atoms with E-state index in [0.29, 0.717) is 6.42 Å². The molecule has 1 aliphatic carbocycles. The van der Waals surface area contributed by atoms with E-state index in [1.807, 2.05) is 25.2 Å². The van der Waals surface area contributed by atoms with Gasteiger partial charge in [-0.15, -0.1) is 0 Å². The lowest BCUT2D eigenvalue weighted by Gasteiger charge is -2.29. The SMILES string of the molecule is C=C(NC)C(NC(CCc1ccc(C(F)(F)F)cc1)c1ccc2c(c1)CCCC2)c1ccccc1. The molecular formula is C30H33F3N2. The minimum Gasteiger partial charge on any atom is -0.390 e. The van der Waals surface area contributed by atoms with Gasteiger partial charge in [0.05, 0.1) is 11.6 Å². The first-order valence-electron chi connectivity index (χ1n) is 12.3. The third kappa shape index (κ3) is 6.34. The van der Waals surface area contributed by atoms with Crippen molar-refractivity contribution in [3.8, 4) is 0 Å². The second-order valence-corrected chi connectivity index (χ2v) is 9.31. The Labute approximate surface area is 206 Å². The molecule has 0 heterocycles. The van der Waals surface area contributed by atoms with Crippen LogP contribution in [-0.2, 0) is 25.4 Å². The quantitative estimate of drug-likeness (QED) is 0.337. The molecule has 5 heteroatoms. The van der Waals surface area contributed by atoms with E-state index in [1.54, 1.807) is 12.1 Å². The number of hydrogen-bond acceptors (Lipinski definition) is 2. The predicted molar refractivity (Wildman–Crippen MR) is 136 cm³/mol. The average molecular weight is 479 g/mol. The monoisotopic (exact) mass is 478 g/mol. The van der Waals surface area contributed by atoms with Crippen LogP contribution < -0.4 is 10.6 Å². The summed E-state index contributed by atoms with van der Waals surface area (Å²) < 4.78 is 38.9. The fourth-order valence-corrected chi connectivity index (χ4v) is 4.88. The molecule has 2 unspecified atom stereocenters. The number of fused-ring (bicyclic) bond motifs is 1. The molecule has 0 radical (unpaired) electrons. The van der Waals surface area contributed by atoms with Gasteiger partial charge in [0.15, 0.2) is 0 Å². The number of hydrogen-bond donors (Lipinski definition) is 2. The Morgan fingerprint density at radius 3 is 2.23 bits per heavy atom. The average Bonchev–Trinajstić information content (AvgIpc) is 2.88. The van der Waals surface area contributed by atoms with Crippen LogP contribution in [0.2, 0.25) is 0 Å². The fraction of sp³-hybridized carbons (Fsp3) is 0.333. The van der Waals surface area contributed by atoms with Crippen LogP contribution in [0.5, 0.6) is 0 Å². The Hall–Kier alpha value is -3.05. The van der Waals surface area contributed by atoms with Gasteiger partial charge >= 0.3 is 6.18 Å². The zero-order valence-corrected chi connectivity index (χ0v) is 20.2. The van der Waals surface area contributed by atoms with E-state index in [4.69, 9.17) is 0 Å². The summed E-state index contributed by atoms with van der Waals surface area (Å²) in [6, 6.07) is 22.4. The Balaban J connectivity index is 1.60. The molecule has 2 atom stereocenters. The maximum absolute atomic E-state index is 13.0. The Kier molecular flexibility index (Phi) is 7.97. The van der Waals surface area contributed by atoms with Crippen molar-refractivity contribution < 1.29 is 13.2 Å². The highest BCUT2D eigenvalue weighted by atomic mass is 19.4. The molecule has 0 aliphatic heterocycles. The summed E-state index contributed by atoms with van der Waals surface area (Å²) in [6.45, 7) is 4.24. The van der Waals surface area contributed by atoms with Crippen LogP contribution in [0, 0.1) is 0 Å². The van der Waals surface area contributed by atoms with Crippen molar-refractivity contribution in [3.05, 3.63) is 118 Å². The summed E-state index contributed by atoms with van der Waals surface area (Å²) in [5.41, 5.74) is 6.33. The molecule has 1 aliphatic rings. The van der Waals surface area contributed by atoms with Crippen LogP contribution in [0.4, 0.5) is 13.2 Å². The number of rotatable bonds is 9. The summed E-state index contributed by atoms with van der Waals surface area (Å²) in [4.78, 5) is 0. The van der Waals surface area contributed by atoms with Crippen molar-refractivity contribution in [2.75, 3.05) is 7.05 Å². The highest BCUT2D eigenvalue weighted by Crippen LogP contribution is 2.32. The molecule has 0 saturated carbocycles. The topological polar surface area (TPSA) is 24.1 Å². The van der Waals surface area contributed by atoms with Gasteiger partial charge in [-0.25, -0.2) is 0 Å². The third-order valence-corrected chi connectivity index (χ3v) is 6.95. The molecule has 0 aromatic heterocycles. The maximum Gasteiger partial charge on any atom is 0.416 e. The van der Waals surface area contributed by atoms with Gasteiger partial charge in [-0.1, -0.05) is 67.2 Å². The molecule has 184 valence electrons. The number of aryl methyl sites for hydroxylation is 3. The van der Waals surface area contributed by atoms with Crippen LogP contribution in [0.1, 0.15) is 64.7 Å². The molecule has 2 nitrogen and oxygen atoms in total. The van der Waals surface area contributed by atoms with Crippen molar-refractivity contribution in [3.63, 3.8) is 0 Å². The van der Waals surface area contributed by atoms with Crippen LogP contribution in [0.15, 0.2) is 85.1 Å². The second kappa shape index (κ2) is 11.1. The summed E-state index contributed by atoms with van der Waals surface area (Å²) >= 11 is 0. The Morgan fingerprint density at radius 1 is 0.886 bits per heavy atom. The van der Waals surface area contributed by atoms with E-state index < -0.39 is 11.7 Å². The number of nitrogens with one attached hydrogen (secondary N) is 2. The number of halogens is 3. The van der Waals surface area contributed by atoms with Gasteiger partial charge in [-0.3, -0.25) is 5.32 Å². The molecule has 4 rings (SSSR count). The smallest absolute Gasteiger partial charge is 0.390 e. The molecule has 0 bridgehead atoms. The number of likely N-dealkylation sites (N-methyl/N-ethyl adjacent to an activating group) is 1. The normalized spacial score (nSPS) is 15.2. The zero-order chi connectivity index (χ0) is 24.8. The van der Waals surface area contributed by atoms with Crippen LogP contribution in [0.25, 0.3) is 0 Å². The third-order valence-electron chi connectivity index (χ3n) is 6.95. The van der Waals surface area contributed by atoms with E-state index in [-0.39, 0.29) is 12.1 Å². The van der Waals surface area contributed by atoms with Crippen LogP contribution in [0.3, 0.4) is 0 Å². The van der Waals surface area contributed by atoms with E-state index in [1.165, 1.54) is 41.7 Å². The molecule has 0 fully saturated rings. The molecule has 0 amide bonds. The van der Waals surface area contributed by atoms with Crippen molar-refractivity contribution in [1.82, 2.24) is 10.6 Å². The molecule has 3 aromatic carbocycles. The standard InChI is InChI=1S/C30H33F3N2/c1-21(34-2)29(24-9-4-3-5-10-24)35-28(26-16-15-23-8-6-7-11-25(23)20-26)19-14-22-12-17-27(18-13-22)30(31,32)33/h3-5,9-10,12-13,15-18,20,28-29,34-35H,1,6-8,11,14,19H2,2H3. The summed E-state index contributed by atoms with van der Waals surface area (Å²) in [7, 11) is 1.87. The van der Waals surface area contributed by atoms with Crippen LogP contribution >= 0.6 is 0 Å². The maximum atomic E-state index is 13.0. The number of benzene rings is 3. The summed E-state index contributed by atoms with van der Waals surface area (Å²) in [6.07, 6.45) is 1.78. The first-order chi connectivity index (χ1) is 16.8.